The third-order valence-corrected chi connectivity index (χ3v) is 8.17. The number of aromatic nitrogens is 1. The number of nitrogens with two attached hydrogens (primary N) is 1. The number of amides is 1. The SMILES string of the molecule is CCCCN(C(=O)CN1C[C@H](c2cc(CO)c3c(c2)OCO3)[C@@H](C(=O)O)[C@@H]1CCc1ncco1)c1cccc(CN)c1. The van der Waals surface area contributed by atoms with E-state index in [0.717, 1.165) is 29.7 Å². The maximum absolute atomic E-state index is 14.0. The highest BCUT2D eigenvalue weighted by atomic mass is 16.7. The number of unbranched alkanes of at least 4 members (excludes halogenated alkanes) is 1. The summed E-state index contributed by atoms with van der Waals surface area (Å²) < 4.78 is 16.6. The van der Waals surface area contributed by atoms with Crippen molar-refractivity contribution in [2.75, 3.05) is 31.3 Å². The Hall–Kier alpha value is -3.93. The number of hydrogen-bond acceptors (Lipinski definition) is 9. The van der Waals surface area contributed by atoms with Crippen molar-refractivity contribution in [2.24, 2.45) is 11.7 Å². The minimum absolute atomic E-state index is 0.0389. The van der Waals surface area contributed by atoms with Crippen LogP contribution in [0.25, 0.3) is 0 Å². The number of nitrogens with zero attached hydrogens (tertiary/aromatic N) is 3. The van der Waals surface area contributed by atoms with E-state index in [9.17, 15) is 19.8 Å². The second-order valence-corrected chi connectivity index (χ2v) is 10.8. The topological polar surface area (TPSA) is 152 Å². The molecule has 42 heavy (non-hydrogen) atoms. The fourth-order valence-electron chi connectivity index (χ4n) is 6.10. The number of hydrogen-bond donors (Lipinski definition) is 3. The van der Waals surface area contributed by atoms with Crippen LogP contribution in [0.3, 0.4) is 0 Å². The second kappa shape index (κ2) is 13.4. The van der Waals surface area contributed by atoms with Crippen molar-refractivity contribution in [1.82, 2.24) is 9.88 Å². The lowest BCUT2D eigenvalue weighted by atomic mass is 9.83. The Morgan fingerprint density at radius 3 is 2.79 bits per heavy atom. The van der Waals surface area contributed by atoms with Crippen LogP contribution in [-0.4, -0.2) is 64.4 Å². The summed E-state index contributed by atoms with van der Waals surface area (Å²) in [5, 5.41) is 20.5. The van der Waals surface area contributed by atoms with Crippen molar-refractivity contribution in [3.8, 4) is 11.5 Å². The van der Waals surface area contributed by atoms with E-state index in [1.165, 1.54) is 6.26 Å². The summed E-state index contributed by atoms with van der Waals surface area (Å²) in [5.41, 5.74) is 8.85. The van der Waals surface area contributed by atoms with Crippen LogP contribution in [0.1, 0.15) is 54.7 Å². The number of oxazole rings is 1. The lowest BCUT2D eigenvalue weighted by Gasteiger charge is -2.30. The van der Waals surface area contributed by atoms with Crippen LogP contribution in [0.4, 0.5) is 5.69 Å². The fraction of sp³-hybridized carbons (Fsp3) is 0.452. The van der Waals surface area contributed by atoms with E-state index in [1.807, 2.05) is 29.2 Å². The van der Waals surface area contributed by atoms with Crippen molar-refractivity contribution in [3.05, 3.63) is 71.4 Å². The van der Waals surface area contributed by atoms with Gasteiger partial charge in [0.05, 0.1) is 25.3 Å². The molecule has 1 saturated heterocycles. The number of aryl methyl sites for hydroxylation is 1. The third-order valence-electron chi connectivity index (χ3n) is 8.17. The molecule has 224 valence electrons. The molecule has 0 aliphatic carbocycles. The second-order valence-electron chi connectivity index (χ2n) is 10.8. The number of benzene rings is 2. The van der Waals surface area contributed by atoms with Gasteiger partial charge < -0.3 is 34.7 Å². The summed E-state index contributed by atoms with van der Waals surface area (Å²) in [6.45, 7) is 3.15. The number of carboxylic acid groups (broad SMARTS) is 1. The van der Waals surface area contributed by atoms with Crippen LogP contribution in [0, 0.1) is 5.92 Å². The highest BCUT2D eigenvalue weighted by Gasteiger charge is 2.47. The van der Waals surface area contributed by atoms with Crippen molar-refractivity contribution < 1.29 is 33.7 Å². The molecule has 11 heteroatoms. The molecule has 11 nitrogen and oxygen atoms in total. The molecule has 3 atom stereocenters. The highest BCUT2D eigenvalue weighted by molar-refractivity contribution is 5.95. The normalized spacial score (nSPS) is 19.7. The molecule has 0 bridgehead atoms. The lowest BCUT2D eigenvalue weighted by Crippen LogP contribution is -2.44. The number of anilines is 1. The molecule has 2 aromatic carbocycles. The van der Waals surface area contributed by atoms with Gasteiger partial charge in [0.1, 0.15) is 6.26 Å². The summed E-state index contributed by atoms with van der Waals surface area (Å²) >= 11 is 0. The van der Waals surface area contributed by atoms with Crippen LogP contribution in [-0.2, 0) is 29.2 Å². The van der Waals surface area contributed by atoms with Gasteiger partial charge >= 0.3 is 5.97 Å². The van der Waals surface area contributed by atoms with Crippen LogP contribution in [0.15, 0.2) is 53.3 Å². The predicted molar refractivity (Wildman–Crippen MR) is 154 cm³/mol. The van der Waals surface area contributed by atoms with Gasteiger partial charge in [0.2, 0.25) is 12.7 Å². The summed E-state index contributed by atoms with van der Waals surface area (Å²) in [6, 6.07) is 10.8. The number of carboxylic acids is 1. The van der Waals surface area contributed by atoms with Crippen LogP contribution < -0.4 is 20.1 Å². The number of carbonyl (C=O) groups is 2. The molecule has 0 spiro atoms. The molecule has 0 saturated carbocycles. The Morgan fingerprint density at radius 1 is 1.21 bits per heavy atom. The number of fused-ring (bicyclic) bond motifs is 1. The van der Waals surface area contributed by atoms with E-state index in [-0.39, 0.29) is 25.9 Å². The van der Waals surface area contributed by atoms with E-state index < -0.39 is 23.8 Å². The number of likely N-dealkylation sites (tertiary alicyclic amines) is 1. The maximum Gasteiger partial charge on any atom is 0.308 e. The van der Waals surface area contributed by atoms with Gasteiger partial charge in [0, 0.05) is 49.3 Å². The molecule has 0 unspecified atom stereocenters. The van der Waals surface area contributed by atoms with Crippen molar-refractivity contribution in [3.63, 3.8) is 0 Å². The van der Waals surface area contributed by atoms with Gasteiger partial charge in [0.25, 0.3) is 0 Å². The number of aliphatic hydroxyl groups excluding tert-OH is 1. The van der Waals surface area contributed by atoms with Gasteiger partial charge in [-0.2, -0.15) is 0 Å². The average molecular weight is 579 g/mol. The highest BCUT2D eigenvalue weighted by Crippen LogP contribution is 2.44. The summed E-state index contributed by atoms with van der Waals surface area (Å²) in [7, 11) is 0. The first-order valence-corrected chi connectivity index (χ1v) is 14.4. The summed E-state index contributed by atoms with van der Waals surface area (Å²) in [4.78, 5) is 34.8. The number of carbonyl (C=O) groups excluding carboxylic acids is 1. The van der Waals surface area contributed by atoms with Crippen molar-refractivity contribution in [2.45, 2.75) is 57.7 Å². The zero-order valence-corrected chi connectivity index (χ0v) is 23.8. The van der Waals surface area contributed by atoms with Crippen LogP contribution in [0.5, 0.6) is 11.5 Å². The molecule has 2 aliphatic rings. The predicted octanol–water partition coefficient (Wildman–Crippen LogP) is 3.29. The molecule has 4 N–H and O–H groups in total. The monoisotopic (exact) mass is 578 g/mol. The zero-order chi connectivity index (χ0) is 29.6. The van der Waals surface area contributed by atoms with Gasteiger partial charge in [-0.25, -0.2) is 4.98 Å². The quantitative estimate of drug-likeness (QED) is 0.276. The molecule has 5 rings (SSSR count). The smallest absolute Gasteiger partial charge is 0.308 e. The van der Waals surface area contributed by atoms with Crippen LogP contribution >= 0.6 is 0 Å². The Labute approximate surface area is 244 Å². The number of rotatable bonds is 13. The molecule has 2 aliphatic heterocycles. The minimum Gasteiger partial charge on any atom is -0.481 e. The fourth-order valence-corrected chi connectivity index (χ4v) is 6.10. The van der Waals surface area contributed by atoms with Gasteiger partial charge in [0.15, 0.2) is 17.4 Å². The number of aliphatic carboxylic acids is 1. The standard InChI is InChI=1S/C31H38N4O7/c1-2-3-10-35(23-6-4-5-20(12-23)15-32)28(37)17-34-16-24(21-13-22(18-36)30-26(14-21)41-19-42-30)29(31(38)39)25(34)7-8-27-33-9-11-40-27/h4-6,9,11-14,24-25,29,36H,2-3,7-8,10,15-19,32H2,1H3,(H,38,39)/t24-,25+,29-/m1/s1. The molecule has 0 radical (unpaired) electrons. The van der Waals surface area contributed by atoms with E-state index in [2.05, 4.69) is 11.9 Å². The Kier molecular flexibility index (Phi) is 9.41. The van der Waals surface area contributed by atoms with Gasteiger partial charge in [-0.15, -0.1) is 0 Å². The van der Waals surface area contributed by atoms with E-state index >= 15 is 0 Å². The summed E-state index contributed by atoms with van der Waals surface area (Å²) in [5.74, 6) is -0.845. The maximum atomic E-state index is 14.0. The molecule has 3 heterocycles. The van der Waals surface area contributed by atoms with Crippen LogP contribution in [0.2, 0.25) is 0 Å². The van der Waals surface area contributed by atoms with Crippen molar-refractivity contribution in [1.29, 1.82) is 0 Å². The lowest BCUT2D eigenvalue weighted by molar-refractivity contribution is -0.143. The van der Waals surface area contributed by atoms with Gasteiger partial charge in [-0.05, 0) is 48.2 Å². The van der Waals surface area contributed by atoms with Crippen molar-refractivity contribution >= 4 is 17.6 Å². The Balaban J connectivity index is 1.47. The molecule has 1 fully saturated rings. The first-order chi connectivity index (χ1) is 20.4. The largest absolute Gasteiger partial charge is 0.481 e. The first kappa shape index (κ1) is 29.6. The van der Waals surface area contributed by atoms with E-state index in [4.69, 9.17) is 19.6 Å². The third kappa shape index (κ3) is 6.28. The average Bonchev–Trinajstić information content (AvgIpc) is 3.76. The number of ether oxygens (including phenoxy) is 2. The van der Waals surface area contributed by atoms with E-state index in [1.54, 1.807) is 23.2 Å². The molecule has 3 aromatic rings. The molecular weight excluding hydrogens is 540 g/mol. The first-order valence-electron chi connectivity index (χ1n) is 14.4. The molecule has 1 amide bonds. The van der Waals surface area contributed by atoms with E-state index in [0.29, 0.717) is 55.4 Å². The van der Waals surface area contributed by atoms with Gasteiger partial charge in [-0.1, -0.05) is 25.5 Å². The minimum atomic E-state index is -0.950. The number of aliphatic hydroxyl groups is 1. The Bertz CT molecular complexity index is 1380. The summed E-state index contributed by atoms with van der Waals surface area (Å²) in [6.07, 6.45) is 5.67. The molecular formula is C31H38N4O7. The van der Waals surface area contributed by atoms with Gasteiger partial charge in [-0.3, -0.25) is 14.5 Å². The molecule has 1 aromatic heterocycles. The zero-order valence-electron chi connectivity index (χ0n) is 23.8. The Morgan fingerprint density at radius 2 is 2.07 bits per heavy atom.